The third-order valence-electron chi connectivity index (χ3n) is 6.50. The van der Waals surface area contributed by atoms with E-state index in [1.165, 1.54) is 0 Å². The number of rotatable bonds is 9. The van der Waals surface area contributed by atoms with E-state index in [0.717, 1.165) is 6.42 Å². The Bertz CT molecular complexity index is 441. The molecule has 0 radical (unpaired) electrons. The molecule has 0 atom stereocenters. The van der Waals surface area contributed by atoms with Crippen molar-refractivity contribution in [2.24, 2.45) is 5.41 Å². The van der Waals surface area contributed by atoms with Crippen LogP contribution in [0.5, 0.6) is 0 Å². The van der Waals surface area contributed by atoms with Gasteiger partial charge in [-0.1, -0.05) is 62.3 Å². The number of carbonyl (C=O) groups excluding carboxylic acids is 1. The molecule has 0 amide bonds. The van der Waals surface area contributed by atoms with Crippen molar-refractivity contribution in [3.8, 4) is 0 Å². The molecular formula is C21H46O3Si2. The Morgan fingerprint density at radius 1 is 0.808 bits per heavy atom. The van der Waals surface area contributed by atoms with Crippen LogP contribution in [0.2, 0.25) is 36.3 Å². The van der Waals surface area contributed by atoms with Gasteiger partial charge in [-0.2, -0.15) is 0 Å². The second-order valence-corrected chi connectivity index (χ2v) is 21.0. The molecule has 0 fully saturated rings. The molecular weight excluding hydrogens is 356 g/mol. The van der Waals surface area contributed by atoms with E-state index >= 15 is 0 Å². The van der Waals surface area contributed by atoms with Crippen LogP contribution >= 0.6 is 0 Å². The maximum absolute atomic E-state index is 11.9. The van der Waals surface area contributed by atoms with Crippen molar-refractivity contribution in [3.63, 3.8) is 0 Å². The first-order valence-corrected chi connectivity index (χ1v) is 16.0. The Balaban J connectivity index is 5.70. The summed E-state index contributed by atoms with van der Waals surface area (Å²) in [7, 11) is -3.98. The summed E-state index contributed by atoms with van der Waals surface area (Å²) in [5.41, 5.74) is -0.199. The van der Waals surface area contributed by atoms with Gasteiger partial charge >= 0.3 is 0 Å². The molecule has 0 unspecified atom stereocenters. The molecule has 0 rings (SSSR count). The van der Waals surface area contributed by atoms with Crippen molar-refractivity contribution >= 4 is 22.4 Å². The molecule has 0 N–H and O–H groups in total. The zero-order valence-corrected chi connectivity index (χ0v) is 21.9. The van der Waals surface area contributed by atoms with E-state index in [9.17, 15) is 4.79 Å². The highest BCUT2D eigenvalue weighted by Gasteiger charge is 2.47. The van der Waals surface area contributed by atoms with Gasteiger partial charge in [0.1, 0.15) is 12.1 Å². The van der Waals surface area contributed by atoms with Crippen LogP contribution in [-0.4, -0.2) is 28.7 Å². The normalized spacial score (nSPS) is 14.8. The Hall–Kier alpha value is 0.0238. The Kier molecular flexibility index (Phi) is 8.59. The molecule has 0 heterocycles. The fourth-order valence-corrected chi connectivity index (χ4v) is 4.60. The third kappa shape index (κ3) is 7.21. The number of hydrogen-bond donors (Lipinski definition) is 0. The average molecular weight is 403 g/mol. The number of carbonyl (C=O) groups is 1. The molecule has 5 heteroatoms. The standard InChI is InChI=1S/C21H46O3Si2/c1-14-17(22)15-16-21(8,9)18(23-25(10,11)19(2,3)4)24-26(12,13)20(5,6)7/h18H,14-16H2,1-13H3. The van der Waals surface area contributed by atoms with E-state index in [4.69, 9.17) is 8.85 Å². The summed E-state index contributed by atoms with van der Waals surface area (Å²) in [6.45, 7) is 29.0. The van der Waals surface area contributed by atoms with Crippen molar-refractivity contribution in [2.45, 2.75) is 124 Å². The Morgan fingerprint density at radius 2 is 1.15 bits per heavy atom. The van der Waals surface area contributed by atoms with Crippen LogP contribution in [0, 0.1) is 5.41 Å². The summed E-state index contributed by atoms with van der Waals surface area (Å²) in [6, 6.07) is 0. The van der Waals surface area contributed by atoms with Crippen LogP contribution in [0.1, 0.15) is 81.6 Å². The van der Waals surface area contributed by atoms with Crippen LogP contribution in [0.4, 0.5) is 0 Å². The highest BCUT2D eigenvalue weighted by Crippen LogP contribution is 2.45. The summed E-state index contributed by atoms with van der Waals surface area (Å²) in [4.78, 5) is 11.9. The van der Waals surface area contributed by atoms with Crippen molar-refractivity contribution in [2.75, 3.05) is 0 Å². The van der Waals surface area contributed by atoms with Gasteiger partial charge in [0, 0.05) is 18.3 Å². The fourth-order valence-electron chi connectivity index (χ4n) is 1.99. The van der Waals surface area contributed by atoms with E-state index in [-0.39, 0.29) is 21.8 Å². The topological polar surface area (TPSA) is 35.5 Å². The first-order valence-electron chi connectivity index (χ1n) is 10.1. The van der Waals surface area contributed by atoms with Gasteiger partial charge in [0.25, 0.3) is 0 Å². The zero-order chi connectivity index (χ0) is 21.2. The second-order valence-electron chi connectivity index (χ2n) is 11.5. The SMILES string of the molecule is CCC(=O)CCC(C)(C)C(O[Si](C)(C)C(C)(C)C)O[Si](C)(C)C(C)(C)C. The monoisotopic (exact) mass is 402 g/mol. The molecule has 26 heavy (non-hydrogen) atoms. The van der Waals surface area contributed by atoms with Gasteiger partial charge in [-0.05, 0) is 42.7 Å². The quantitative estimate of drug-likeness (QED) is 0.303. The minimum atomic E-state index is -1.99. The van der Waals surface area contributed by atoms with E-state index in [1.807, 2.05) is 6.92 Å². The molecule has 0 aromatic carbocycles. The average Bonchev–Trinajstić information content (AvgIpc) is 2.41. The molecule has 3 nitrogen and oxygen atoms in total. The Labute approximate surface area is 165 Å². The van der Waals surface area contributed by atoms with E-state index in [2.05, 4.69) is 81.6 Å². The summed E-state index contributed by atoms with van der Waals surface area (Å²) in [5, 5.41) is 0.245. The first-order chi connectivity index (χ1) is 11.3. The van der Waals surface area contributed by atoms with Crippen LogP contribution in [-0.2, 0) is 13.6 Å². The highest BCUT2D eigenvalue weighted by atomic mass is 28.4. The maximum Gasteiger partial charge on any atom is 0.195 e. The summed E-state index contributed by atoms with van der Waals surface area (Å²) in [5.74, 6) is 0.316. The lowest BCUT2D eigenvalue weighted by atomic mass is 9.86. The lowest BCUT2D eigenvalue weighted by molar-refractivity contribution is -0.123. The second kappa shape index (κ2) is 8.58. The maximum atomic E-state index is 11.9. The van der Waals surface area contributed by atoms with Gasteiger partial charge < -0.3 is 8.85 Å². The predicted octanol–water partition coefficient (Wildman–Crippen LogP) is 7.14. The van der Waals surface area contributed by atoms with Gasteiger partial charge in [0.15, 0.2) is 16.6 Å². The molecule has 0 aliphatic rings. The van der Waals surface area contributed by atoms with Gasteiger partial charge in [0.2, 0.25) is 0 Å². The highest BCUT2D eigenvalue weighted by molar-refractivity contribution is 6.75. The zero-order valence-electron chi connectivity index (χ0n) is 19.9. The van der Waals surface area contributed by atoms with Crippen molar-refractivity contribution in [1.29, 1.82) is 0 Å². The van der Waals surface area contributed by atoms with Crippen molar-refractivity contribution in [1.82, 2.24) is 0 Å². The minimum Gasteiger partial charge on any atom is -0.393 e. The number of Topliss-reactive ketones (excluding diaryl/α,β-unsaturated/α-hetero) is 1. The van der Waals surface area contributed by atoms with Gasteiger partial charge in [-0.3, -0.25) is 4.79 Å². The fraction of sp³-hybridized carbons (Fsp3) is 0.952. The molecule has 0 saturated heterocycles. The van der Waals surface area contributed by atoms with E-state index in [1.54, 1.807) is 0 Å². The van der Waals surface area contributed by atoms with Crippen molar-refractivity contribution in [3.05, 3.63) is 0 Å². The minimum absolute atomic E-state index is 0.122. The van der Waals surface area contributed by atoms with E-state index in [0.29, 0.717) is 18.6 Å². The molecule has 0 bridgehead atoms. The molecule has 0 aromatic rings. The number of hydrogen-bond acceptors (Lipinski definition) is 3. The molecule has 0 aliphatic carbocycles. The smallest absolute Gasteiger partial charge is 0.195 e. The molecule has 0 saturated carbocycles. The van der Waals surface area contributed by atoms with Gasteiger partial charge in [-0.25, -0.2) is 0 Å². The lowest BCUT2D eigenvalue weighted by Crippen LogP contribution is -2.54. The van der Waals surface area contributed by atoms with Crippen LogP contribution in [0.3, 0.4) is 0 Å². The van der Waals surface area contributed by atoms with Crippen LogP contribution < -0.4 is 0 Å². The summed E-state index contributed by atoms with van der Waals surface area (Å²) in [6.07, 6.45) is 1.73. The van der Waals surface area contributed by atoms with Gasteiger partial charge in [-0.15, -0.1) is 0 Å². The third-order valence-corrected chi connectivity index (χ3v) is 15.3. The first kappa shape index (κ1) is 26.0. The van der Waals surface area contributed by atoms with Crippen molar-refractivity contribution < 1.29 is 13.6 Å². The largest absolute Gasteiger partial charge is 0.393 e. The van der Waals surface area contributed by atoms with Gasteiger partial charge in [0.05, 0.1) is 0 Å². The molecule has 0 aromatic heterocycles. The van der Waals surface area contributed by atoms with E-state index < -0.39 is 16.6 Å². The van der Waals surface area contributed by atoms with Crippen LogP contribution in [0.15, 0.2) is 0 Å². The molecule has 0 aliphatic heterocycles. The molecule has 0 spiro atoms. The van der Waals surface area contributed by atoms with Crippen LogP contribution in [0.25, 0.3) is 0 Å². The summed E-state index contributed by atoms with van der Waals surface area (Å²) >= 11 is 0. The number of ketones is 1. The molecule has 156 valence electrons. The Morgan fingerprint density at radius 3 is 1.42 bits per heavy atom. The lowest BCUT2D eigenvalue weighted by Gasteiger charge is -2.48. The summed E-state index contributed by atoms with van der Waals surface area (Å²) < 4.78 is 13.6. The predicted molar refractivity (Wildman–Crippen MR) is 119 cm³/mol.